The van der Waals surface area contributed by atoms with Gasteiger partial charge in [0.25, 0.3) is 11.7 Å². The Morgan fingerprint density at radius 2 is 1.86 bits per heavy atom. The van der Waals surface area contributed by atoms with Crippen molar-refractivity contribution in [3.63, 3.8) is 0 Å². The van der Waals surface area contributed by atoms with Crippen LogP contribution in [0.15, 0.2) is 72.4 Å². The number of aliphatic hydroxyl groups is 1. The standard InChI is InChI=1S/C28H27ClN2O4/c1-3-4-7-16-35-21-13-10-19(11-14-21)26(32)24-25(22-8-5-6-15-30-22)31(28(34)27(24)33)23-17-20(29)12-9-18(23)2/h5-6,8-15,17,25,32H,3-4,7,16H2,1-2H3/b26-24+. The summed E-state index contributed by atoms with van der Waals surface area (Å²) in [6.45, 7) is 4.58. The van der Waals surface area contributed by atoms with Crippen molar-refractivity contribution < 1.29 is 19.4 Å². The van der Waals surface area contributed by atoms with Crippen LogP contribution in [0.4, 0.5) is 5.69 Å². The minimum Gasteiger partial charge on any atom is -0.507 e. The van der Waals surface area contributed by atoms with Crippen molar-refractivity contribution in [1.82, 2.24) is 4.98 Å². The number of carbonyl (C=O) groups is 2. The number of Topliss-reactive ketones (excluding diaryl/α,β-unsaturated/α-hetero) is 1. The van der Waals surface area contributed by atoms with E-state index in [-0.39, 0.29) is 11.3 Å². The molecule has 35 heavy (non-hydrogen) atoms. The Morgan fingerprint density at radius 1 is 1.09 bits per heavy atom. The van der Waals surface area contributed by atoms with Crippen molar-refractivity contribution in [2.24, 2.45) is 0 Å². The zero-order valence-corrected chi connectivity index (χ0v) is 20.5. The largest absolute Gasteiger partial charge is 0.507 e. The van der Waals surface area contributed by atoms with E-state index in [2.05, 4.69) is 11.9 Å². The lowest BCUT2D eigenvalue weighted by Crippen LogP contribution is -2.30. The summed E-state index contributed by atoms with van der Waals surface area (Å²) in [5.74, 6) is -1.12. The maximum Gasteiger partial charge on any atom is 0.300 e. The summed E-state index contributed by atoms with van der Waals surface area (Å²) in [4.78, 5) is 32.3. The van der Waals surface area contributed by atoms with E-state index in [9.17, 15) is 14.7 Å². The van der Waals surface area contributed by atoms with Crippen LogP contribution in [0.3, 0.4) is 0 Å². The summed E-state index contributed by atoms with van der Waals surface area (Å²) in [6.07, 6.45) is 4.76. The number of ketones is 1. The third-order valence-corrected chi connectivity index (χ3v) is 6.22. The van der Waals surface area contributed by atoms with Gasteiger partial charge in [0.05, 0.1) is 17.9 Å². The first kappa shape index (κ1) is 24.5. The van der Waals surface area contributed by atoms with Crippen LogP contribution in [0.2, 0.25) is 5.02 Å². The molecule has 0 spiro atoms. The second-order valence-electron chi connectivity index (χ2n) is 8.43. The quantitative estimate of drug-likeness (QED) is 0.175. The summed E-state index contributed by atoms with van der Waals surface area (Å²) >= 11 is 6.22. The number of ether oxygens (including phenoxy) is 1. The fourth-order valence-electron chi connectivity index (χ4n) is 4.15. The lowest BCUT2D eigenvalue weighted by Gasteiger charge is -2.26. The molecule has 7 heteroatoms. The fourth-order valence-corrected chi connectivity index (χ4v) is 4.31. The van der Waals surface area contributed by atoms with E-state index in [0.717, 1.165) is 24.8 Å². The Labute approximate surface area is 209 Å². The van der Waals surface area contributed by atoms with Crippen LogP contribution in [0, 0.1) is 6.92 Å². The van der Waals surface area contributed by atoms with Crippen molar-refractivity contribution in [3.05, 3.63) is 94.3 Å². The molecule has 0 aliphatic carbocycles. The van der Waals surface area contributed by atoms with Gasteiger partial charge in [-0.2, -0.15) is 0 Å². The Balaban J connectivity index is 1.77. The SMILES string of the molecule is CCCCCOc1ccc(/C(O)=C2\C(=O)C(=O)N(c3cc(Cl)ccc3C)C2c2ccccn2)cc1. The summed E-state index contributed by atoms with van der Waals surface area (Å²) in [6, 6.07) is 16.3. The van der Waals surface area contributed by atoms with Gasteiger partial charge >= 0.3 is 0 Å². The van der Waals surface area contributed by atoms with E-state index in [1.165, 1.54) is 4.90 Å². The minimum atomic E-state index is -0.904. The van der Waals surface area contributed by atoms with Gasteiger partial charge < -0.3 is 9.84 Å². The van der Waals surface area contributed by atoms with Crippen molar-refractivity contribution in [2.45, 2.75) is 39.2 Å². The maximum atomic E-state index is 13.3. The number of carbonyl (C=O) groups excluding carboxylic acids is 2. The summed E-state index contributed by atoms with van der Waals surface area (Å²) < 4.78 is 5.75. The Morgan fingerprint density at radius 3 is 2.54 bits per heavy atom. The topological polar surface area (TPSA) is 79.7 Å². The van der Waals surface area contributed by atoms with Gasteiger partial charge in [0.1, 0.15) is 17.6 Å². The van der Waals surface area contributed by atoms with Gasteiger partial charge in [-0.1, -0.05) is 43.5 Å². The van der Waals surface area contributed by atoms with Crippen LogP contribution < -0.4 is 9.64 Å². The van der Waals surface area contributed by atoms with Crippen molar-refractivity contribution in [1.29, 1.82) is 0 Å². The molecule has 1 N–H and O–H groups in total. The molecule has 1 aliphatic heterocycles. The monoisotopic (exact) mass is 490 g/mol. The number of unbranched alkanes of at least 4 members (excludes halogenated alkanes) is 2. The molecule has 0 bridgehead atoms. The van der Waals surface area contributed by atoms with Crippen LogP contribution >= 0.6 is 11.6 Å². The smallest absolute Gasteiger partial charge is 0.300 e. The summed E-state index contributed by atoms with van der Waals surface area (Å²) in [5, 5.41) is 11.7. The number of anilines is 1. The van der Waals surface area contributed by atoms with Gasteiger partial charge in [-0.05, 0) is 67.4 Å². The van der Waals surface area contributed by atoms with Crippen LogP contribution in [0.1, 0.15) is 49.0 Å². The zero-order chi connectivity index (χ0) is 24.9. The fraction of sp³-hybridized carbons (Fsp3) is 0.250. The Bertz CT molecular complexity index is 1260. The Hall–Kier alpha value is -3.64. The predicted molar refractivity (Wildman–Crippen MR) is 137 cm³/mol. The second kappa shape index (κ2) is 10.7. The number of aryl methyl sites for hydroxylation is 1. The molecule has 0 radical (unpaired) electrons. The molecule has 1 atom stereocenters. The zero-order valence-electron chi connectivity index (χ0n) is 19.7. The average Bonchev–Trinajstić information content (AvgIpc) is 3.14. The first-order chi connectivity index (χ1) is 16.9. The van der Waals surface area contributed by atoms with Gasteiger partial charge in [0.2, 0.25) is 0 Å². The molecule has 2 aromatic carbocycles. The number of hydrogen-bond donors (Lipinski definition) is 1. The minimum absolute atomic E-state index is 0.0234. The van der Waals surface area contributed by atoms with E-state index in [1.807, 2.05) is 6.92 Å². The lowest BCUT2D eigenvalue weighted by atomic mass is 9.98. The number of amides is 1. The molecular weight excluding hydrogens is 464 g/mol. The highest BCUT2D eigenvalue weighted by Crippen LogP contribution is 2.43. The molecule has 0 saturated carbocycles. The molecule has 1 amide bonds. The number of aromatic nitrogens is 1. The number of benzene rings is 2. The molecule has 1 saturated heterocycles. The molecule has 180 valence electrons. The second-order valence-corrected chi connectivity index (χ2v) is 8.87. The molecule has 2 heterocycles. The third kappa shape index (κ3) is 5.08. The van der Waals surface area contributed by atoms with Gasteiger partial charge in [-0.3, -0.25) is 19.5 Å². The maximum absolute atomic E-state index is 13.3. The van der Waals surface area contributed by atoms with Crippen LogP contribution in [-0.4, -0.2) is 28.4 Å². The first-order valence-corrected chi connectivity index (χ1v) is 12.0. The molecule has 3 aromatic rings. The number of aliphatic hydroxyl groups excluding tert-OH is 1. The first-order valence-electron chi connectivity index (χ1n) is 11.6. The lowest BCUT2D eigenvalue weighted by molar-refractivity contribution is -0.132. The molecule has 1 unspecified atom stereocenters. The van der Waals surface area contributed by atoms with Gasteiger partial charge in [-0.15, -0.1) is 0 Å². The van der Waals surface area contributed by atoms with E-state index < -0.39 is 17.7 Å². The third-order valence-electron chi connectivity index (χ3n) is 5.99. The van der Waals surface area contributed by atoms with Crippen LogP contribution in [0.25, 0.3) is 5.76 Å². The predicted octanol–water partition coefficient (Wildman–Crippen LogP) is 6.24. The average molecular weight is 491 g/mol. The summed E-state index contributed by atoms with van der Waals surface area (Å²) in [7, 11) is 0. The highest BCUT2D eigenvalue weighted by molar-refractivity contribution is 6.52. The highest BCUT2D eigenvalue weighted by atomic mass is 35.5. The van der Waals surface area contributed by atoms with Crippen molar-refractivity contribution in [2.75, 3.05) is 11.5 Å². The van der Waals surface area contributed by atoms with E-state index >= 15 is 0 Å². The van der Waals surface area contributed by atoms with Crippen LogP contribution in [0.5, 0.6) is 5.75 Å². The van der Waals surface area contributed by atoms with Crippen molar-refractivity contribution >= 4 is 34.7 Å². The number of rotatable bonds is 8. The molecule has 6 nitrogen and oxygen atoms in total. The molecule has 1 aromatic heterocycles. The van der Waals surface area contributed by atoms with Crippen LogP contribution in [-0.2, 0) is 9.59 Å². The normalized spacial score (nSPS) is 17.1. The molecule has 1 fully saturated rings. The Kier molecular flexibility index (Phi) is 7.51. The molecular formula is C28H27ClN2O4. The van der Waals surface area contributed by atoms with E-state index in [1.54, 1.807) is 66.9 Å². The van der Waals surface area contributed by atoms with E-state index in [4.69, 9.17) is 16.3 Å². The number of pyridine rings is 1. The molecule has 1 aliphatic rings. The number of halogens is 1. The number of hydrogen-bond acceptors (Lipinski definition) is 5. The number of nitrogens with zero attached hydrogens (tertiary/aromatic N) is 2. The highest BCUT2D eigenvalue weighted by Gasteiger charge is 2.48. The van der Waals surface area contributed by atoms with Gasteiger partial charge in [-0.25, -0.2) is 0 Å². The van der Waals surface area contributed by atoms with E-state index in [0.29, 0.717) is 34.3 Å². The van der Waals surface area contributed by atoms with Crippen molar-refractivity contribution in [3.8, 4) is 5.75 Å². The molecule has 4 rings (SSSR count). The van der Waals surface area contributed by atoms with Gasteiger partial charge in [0, 0.05) is 22.5 Å². The summed E-state index contributed by atoms with van der Waals surface area (Å²) in [5.41, 5.74) is 2.10. The van der Waals surface area contributed by atoms with Gasteiger partial charge in [0.15, 0.2) is 0 Å².